The van der Waals surface area contributed by atoms with Crippen LogP contribution in [0.4, 0.5) is 18.7 Å². The molecule has 2 aliphatic rings. The maximum absolute atomic E-state index is 14.0. The van der Waals surface area contributed by atoms with E-state index < -0.39 is 17.9 Å². The number of hydrogen-bond acceptors (Lipinski definition) is 5. The van der Waals surface area contributed by atoms with E-state index in [1.165, 1.54) is 17.5 Å². The number of thioether (sulfide) groups is 1. The van der Waals surface area contributed by atoms with E-state index in [4.69, 9.17) is 5.11 Å². The Morgan fingerprint density at radius 2 is 1.96 bits per heavy atom. The monoisotopic (exact) mass is 433 g/mol. The number of carboxylic acid groups (broad SMARTS) is 1. The topological polar surface area (TPSA) is 82.5 Å². The van der Waals surface area contributed by atoms with E-state index in [1.807, 2.05) is 0 Å². The van der Waals surface area contributed by atoms with E-state index in [-0.39, 0.29) is 30.7 Å². The Hall–Kier alpha value is -1.42. The van der Waals surface area contributed by atoms with E-state index in [0.29, 0.717) is 22.2 Å². The number of halogens is 2. The number of nitrogens with one attached hydrogen (secondary N) is 1. The van der Waals surface area contributed by atoms with Crippen LogP contribution in [0.1, 0.15) is 57.8 Å². The number of carbonyl (C=O) groups is 2. The van der Waals surface area contributed by atoms with Gasteiger partial charge in [-0.3, -0.25) is 10.1 Å². The average molecular weight is 434 g/mol. The van der Waals surface area contributed by atoms with Gasteiger partial charge in [-0.05, 0) is 25.7 Å². The molecule has 0 aliphatic heterocycles. The van der Waals surface area contributed by atoms with Crippen molar-refractivity contribution in [1.82, 2.24) is 9.88 Å². The first kappa shape index (κ1) is 21.3. The van der Waals surface area contributed by atoms with E-state index in [9.17, 15) is 18.4 Å². The molecule has 2 amide bonds. The van der Waals surface area contributed by atoms with Crippen LogP contribution in [-0.4, -0.2) is 50.7 Å². The molecule has 1 unspecified atom stereocenters. The van der Waals surface area contributed by atoms with Crippen molar-refractivity contribution in [2.45, 2.75) is 80.0 Å². The molecular weight excluding hydrogens is 408 g/mol. The fourth-order valence-corrected chi connectivity index (χ4v) is 5.63. The van der Waals surface area contributed by atoms with Crippen molar-refractivity contribution in [2.24, 2.45) is 0 Å². The Kier molecular flexibility index (Phi) is 7.14. The third-order valence-corrected chi connectivity index (χ3v) is 7.34. The number of hydrogen-bond donors (Lipinski definition) is 2. The summed E-state index contributed by atoms with van der Waals surface area (Å²) in [5.74, 6) is -3.73. The molecule has 0 bridgehead atoms. The fourth-order valence-electron chi connectivity index (χ4n) is 4.04. The van der Waals surface area contributed by atoms with Crippen LogP contribution in [0.2, 0.25) is 0 Å². The van der Waals surface area contributed by atoms with Gasteiger partial charge in [0, 0.05) is 24.9 Å². The molecule has 0 aromatic carbocycles. The lowest BCUT2D eigenvalue weighted by Gasteiger charge is -2.43. The molecule has 2 fully saturated rings. The van der Waals surface area contributed by atoms with Crippen molar-refractivity contribution < 1.29 is 23.5 Å². The maximum Gasteiger partial charge on any atom is 0.324 e. The molecule has 2 N–H and O–H groups in total. The van der Waals surface area contributed by atoms with Crippen LogP contribution in [0.3, 0.4) is 0 Å². The Balaban J connectivity index is 1.70. The lowest BCUT2D eigenvalue weighted by atomic mass is 9.87. The summed E-state index contributed by atoms with van der Waals surface area (Å²) in [5.41, 5.74) is 0. The zero-order chi connectivity index (χ0) is 20.1. The van der Waals surface area contributed by atoms with Crippen molar-refractivity contribution in [3.8, 4) is 0 Å². The van der Waals surface area contributed by atoms with Crippen molar-refractivity contribution in [3.05, 3.63) is 6.20 Å². The predicted molar refractivity (Wildman–Crippen MR) is 105 cm³/mol. The summed E-state index contributed by atoms with van der Waals surface area (Å²) in [6.45, 7) is 0. The number of alkyl halides is 2. The molecule has 156 valence electrons. The van der Waals surface area contributed by atoms with Gasteiger partial charge in [0.25, 0.3) is 0 Å². The van der Waals surface area contributed by atoms with E-state index in [0.717, 1.165) is 43.9 Å². The third-order valence-electron chi connectivity index (χ3n) is 5.25. The standard InChI is InChI=1S/C18H25F2N3O3S2/c19-18(20)8-4-7-13(9-18)23(12-5-2-1-3-6-12)17(26)22-16-21-10-15(28-16)27-11-14(24)25/h10,12-13H,1-9,11H2,(H,24,25)(H,21,22,26). The Morgan fingerprint density at radius 3 is 2.64 bits per heavy atom. The van der Waals surface area contributed by atoms with Crippen molar-refractivity contribution in [1.29, 1.82) is 0 Å². The van der Waals surface area contributed by atoms with Gasteiger partial charge in [-0.25, -0.2) is 18.6 Å². The minimum atomic E-state index is -2.72. The number of carboxylic acids is 1. The molecule has 1 aromatic rings. The van der Waals surface area contributed by atoms with Crippen LogP contribution >= 0.6 is 23.1 Å². The van der Waals surface area contributed by atoms with Crippen LogP contribution in [0, 0.1) is 0 Å². The van der Waals surface area contributed by atoms with Crippen LogP contribution in [-0.2, 0) is 4.79 Å². The van der Waals surface area contributed by atoms with Gasteiger partial charge in [0.1, 0.15) is 0 Å². The smallest absolute Gasteiger partial charge is 0.324 e. The highest BCUT2D eigenvalue weighted by molar-refractivity contribution is 8.01. The van der Waals surface area contributed by atoms with Gasteiger partial charge < -0.3 is 10.0 Å². The van der Waals surface area contributed by atoms with Crippen molar-refractivity contribution in [3.63, 3.8) is 0 Å². The number of urea groups is 1. The van der Waals surface area contributed by atoms with Gasteiger partial charge >= 0.3 is 12.0 Å². The highest BCUT2D eigenvalue weighted by Crippen LogP contribution is 2.38. The lowest BCUT2D eigenvalue weighted by Crippen LogP contribution is -2.52. The number of anilines is 1. The number of nitrogens with zero attached hydrogens (tertiary/aromatic N) is 2. The molecule has 0 saturated heterocycles. The van der Waals surface area contributed by atoms with Gasteiger partial charge in [-0.1, -0.05) is 30.6 Å². The first-order valence-corrected chi connectivity index (χ1v) is 11.4. The summed E-state index contributed by atoms with van der Waals surface area (Å²) in [4.78, 5) is 29.5. The Morgan fingerprint density at radius 1 is 1.25 bits per heavy atom. The SMILES string of the molecule is O=C(O)CSc1cnc(NC(=O)N(C2CCCCC2)C2CCCC(F)(F)C2)s1. The Bertz CT molecular complexity index is 695. The summed E-state index contributed by atoms with van der Waals surface area (Å²) < 4.78 is 28.7. The molecule has 3 rings (SSSR count). The third kappa shape index (κ3) is 5.79. The Labute approximate surface area is 171 Å². The van der Waals surface area contributed by atoms with Crippen LogP contribution in [0.25, 0.3) is 0 Å². The molecule has 0 radical (unpaired) electrons. The van der Waals surface area contributed by atoms with Crippen molar-refractivity contribution in [2.75, 3.05) is 11.1 Å². The minimum absolute atomic E-state index is 0.0199. The predicted octanol–water partition coefficient (Wildman–Crippen LogP) is 5.06. The highest BCUT2D eigenvalue weighted by atomic mass is 32.2. The molecule has 1 aromatic heterocycles. The van der Waals surface area contributed by atoms with E-state index in [1.54, 1.807) is 4.90 Å². The van der Waals surface area contributed by atoms with Gasteiger partial charge in [0.2, 0.25) is 5.92 Å². The second-order valence-corrected chi connectivity index (χ2v) is 9.71. The second kappa shape index (κ2) is 9.39. The summed E-state index contributed by atoms with van der Waals surface area (Å²) in [6, 6.07) is -0.861. The molecule has 10 heteroatoms. The molecule has 2 aliphatic carbocycles. The van der Waals surface area contributed by atoms with E-state index >= 15 is 0 Å². The summed E-state index contributed by atoms with van der Waals surface area (Å²) >= 11 is 2.33. The number of aromatic nitrogens is 1. The molecule has 28 heavy (non-hydrogen) atoms. The first-order valence-electron chi connectivity index (χ1n) is 9.62. The largest absolute Gasteiger partial charge is 0.481 e. The molecule has 2 saturated carbocycles. The van der Waals surface area contributed by atoms with E-state index in [2.05, 4.69) is 10.3 Å². The summed E-state index contributed by atoms with van der Waals surface area (Å²) in [5, 5.41) is 11.9. The number of rotatable bonds is 6. The zero-order valence-electron chi connectivity index (χ0n) is 15.5. The van der Waals surface area contributed by atoms with Gasteiger partial charge in [0.15, 0.2) is 5.13 Å². The second-order valence-electron chi connectivity index (χ2n) is 7.40. The van der Waals surface area contributed by atoms with Gasteiger partial charge in [0.05, 0.1) is 16.2 Å². The number of thiazole rings is 1. The summed E-state index contributed by atoms with van der Waals surface area (Å²) in [6.07, 6.45) is 6.94. The van der Waals surface area contributed by atoms with Gasteiger partial charge in [-0.15, -0.1) is 11.8 Å². The van der Waals surface area contributed by atoms with Crippen LogP contribution < -0.4 is 5.32 Å². The minimum Gasteiger partial charge on any atom is -0.481 e. The average Bonchev–Trinajstić information content (AvgIpc) is 3.07. The van der Waals surface area contributed by atoms with Gasteiger partial charge in [-0.2, -0.15) is 0 Å². The first-order chi connectivity index (χ1) is 13.3. The van der Waals surface area contributed by atoms with Crippen LogP contribution in [0.15, 0.2) is 10.4 Å². The van der Waals surface area contributed by atoms with Crippen LogP contribution in [0.5, 0.6) is 0 Å². The zero-order valence-corrected chi connectivity index (χ0v) is 17.2. The molecule has 6 nitrogen and oxygen atoms in total. The maximum atomic E-state index is 14.0. The number of carbonyl (C=O) groups excluding carboxylic acids is 1. The highest BCUT2D eigenvalue weighted by Gasteiger charge is 2.42. The number of amides is 2. The van der Waals surface area contributed by atoms with Crippen molar-refractivity contribution >= 4 is 40.2 Å². The fraction of sp³-hybridized carbons (Fsp3) is 0.722. The molecule has 0 spiro atoms. The summed E-state index contributed by atoms with van der Waals surface area (Å²) in [7, 11) is 0. The number of aliphatic carboxylic acids is 1. The lowest BCUT2D eigenvalue weighted by molar-refractivity contribution is -0.133. The normalized spacial score (nSPS) is 22.6. The molecule has 1 heterocycles. The quantitative estimate of drug-likeness (QED) is 0.613. The molecular formula is C18H25F2N3O3S2. The molecule has 1 atom stereocenters.